The molecule has 3 aromatic carbocycles. The van der Waals surface area contributed by atoms with Crippen molar-refractivity contribution in [3.05, 3.63) is 95.1 Å². The Balaban J connectivity index is 1.90. The van der Waals surface area contributed by atoms with Crippen LogP contribution in [0.25, 0.3) is 5.76 Å². The van der Waals surface area contributed by atoms with Crippen LogP contribution in [-0.2, 0) is 15.0 Å². The zero-order chi connectivity index (χ0) is 26.9. The number of ketones is 1. The molecule has 0 aromatic heterocycles. The molecule has 1 fully saturated rings. The van der Waals surface area contributed by atoms with Crippen molar-refractivity contribution in [2.24, 2.45) is 0 Å². The van der Waals surface area contributed by atoms with Crippen LogP contribution in [0.3, 0.4) is 0 Å². The van der Waals surface area contributed by atoms with Gasteiger partial charge in [0.25, 0.3) is 11.7 Å². The van der Waals surface area contributed by atoms with Crippen molar-refractivity contribution in [1.29, 1.82) is 0 Å². The summed E-state index contributed by atoms with van der Waals surface area (Å²) in [5, 5.41) is 11.4. The summed E-state index contributed by atoms with van der Waals surface area (Å²) < 4.78 is 11.2. The Morgan fingerprint density at radius 2 is 1.57 bits per heavy atom. The Labute approximate surface area is 218 Å². The van der Waals surface area contributed by atoms with Crippen LogP contribution in [0.1, 0.15) is 57.4 Å². The monoisotopic (exact) mass is 499 g/mol. The summed E-state index contributed by atoms with van der Waals surface area (Å²) in [6.07, 6.45) is -0.0594. The maximum absolute atomic E-state index is 13.5. The fraction of sp³-hybridized carbons (Fsp3) is 0.290. The standard InChI is InChI=1S/C31H33NO5/c1-19(2)37-25-12-8-10-21(18-25)28(33)26-27(20-9-7-11-24(17-20)36-6)32(30(35)29(26)34)23-15-13-22(14-16-23)31(3,4)5/h7-19,27,33H,1-6H3/b28-26-. The first-order valence-electron chi connectivity index (χ1n) is 12.3. The van der Waals surface area contributed by atoms with Crippen molar-refractivity contribution in [3.8, 4) is 11.5 Å². The minimum atomic E-state index is -0.842. The Morgan fingerprint density at radius 1 is 0.919 bits per heavy atom. The van der Waals surface area contributed by atoms with Crippen molar-refractivity contribution >= 4 is 23.1 Å². The largest absolute Gasteiger partial charge is 0.507 e. The highest BCUT2D eigenvalue weighted by atomic mass is 16.5. The van der Waals surface area contributed by atoms with E-state index in [1.807, 2.05) is 44.2 Å². The van der Waals surface area contributed by atoms with Gasteiger partial charge in [-0.05, 0) is 66.8 Å². The van der Waals surface area contributed by atoms with E-state index in [1.54, 1.807) is 49.6 Å². The number of aliphatic hydroxyl groups is 1. The molecule has 0 spiro atoms. The van der Waals surface area contributed by atoms with Crippen molar-refractivity contribution in [2.75, 3.05) is 12.0 Å². The molecule has 1 aliphatic heterocycles. The quantitative estimate of drug-likeness (QED) is 0.241. The van der Waals surface area contributed by atoms with Gasteiger partial charge in [0.05, 0.1) is 24.8 Å². The molecule has 1 atom stereocenters. The van der Waals surface area contributed by atoms with E-state index in [1.165, 1.54) is 4.90 Å². The van der Waals surface area contributed by atoms with Gasteiger partial charge < -0.3 is 14.6 Å². The van der Waals surface area contributed by atoms with Gasteiger partial charge in [-0.15, -0.1) is 0 Å². The first-order valence-corrected chi connectivity index (χ1v) is 12.3. The Morgan fingerprint density at radius 3 is 2.19 bits per heavy atom. The lowest BCUT2D eigenvalue weighted by Crippen LogP contribution is -2.29. The summed E-state index contributed by atoms with van der Waals surface area (Å²) in [7, 11) is 1.56. The van der Waals surface area contributed by atoms with Crippen LogP contribution in [0.4, 0.5) is 5.69 Å². The molecule has 1 saturated heterocycles. The molecular weight excluding hydrogens is 466 g/mol. The van der Waals surface area contributed by atoms with Crippen LogP contribution < -0.4 is 14.4 Å². The van der Waals surface area contributed by atoms with E-state index in [4.69, 9.17) is 9.47 Å². The van der Waals surface area contributed by atoms with Gasteiger partial charge in [-0.1, -0.05) is 57.2 Å². The van der Waals surface area contributed by atoms with Gasteiger partial charge in [0.1, 0.15) is 17.3 Å². The average molecular weight is 500 g/mol. The fourth-order valence-electron chi connectivity index (χ4n) is 4.49. The van der Waals surface area contributed by atoms with Crippen LogP contribution in [0.5, 0.6) is 11.5 Å². The minimum absolute atomic E-state index is 0.0137. The second-order valence-electron chi connectivity index (χ2n) is 10.4. The third-order valence-electron chi connectivity index (χ3n) is 6.34. The molecular formula is C31H33NO5. The first kappa shape index (κ1) is 26.0. The second-order valence-corrected chi connectivity index (χ2v) is 10.4. The predicted molar refractivity (Wildman–Crippen MR) is 145 cm³/mol. The van der Waals surface area contributed by atoms with Crippen LogP contribution in [0.15, 0.2) is 78.4 Å². The van der Waals surface area contributed by atoms with Crippen LogP contribution in [0.2, 0.25) is 0 Å². The lowest BCUT2D eigenvalue weighted by molar-refractivity contribution is -0.132. The number of rotatable bonds is 6. The van der Waals surface area contributed by atoms with E-state index in [2.05, 4.69) is 20.8 Å². The molecule has 1 unspecified atom stereocenters. The molecule has 37 heavy (non-hydrogen) atoms. The predicted octanol–water partition coefficient (Wildman–Crippen LogP) is 6.41. The van der Waals surface area contributed by atoms with E-state index in [9.17, 15) is 14.7 Å². The van der Waals surface area contributed by atoms with Gasteiger partial charge in [0, 0.05) is 11.3 Å². The molecule has 4 rings (SSSR count). The van der Waals surface area contributed by atoms with Gasteiger partial charge in [0.2, 0.25) is 0 Å². The van der Waals surface area contributed by atoms with Crippen LogP contribution in [-0.4, -0.2) is 30.0 Å². The van der Waals surface area contributed by atoms with E-state index in [0.29, 0.717) is 28.3 Å². The SMILES string of the molecule is COc1cccc(C2/C(=C(/O)c3cccc(OC(C)C)c3)C(=O)C(=O)N2c2ccc(C(C)(C)C)cc2)c1. The molecule has 1 amide bonds. The summed E-state index contributed by atoms with van der Waals surface area (Å²) in [4.78, 5) is 28.4. The second kappa shape index (κ2) is 10.1. The number of carbonyl (C=O) groups excluding carboxylic acids is 2. The minimum Gasteiger partial charge on any atom is -0.507 e. The third kappa shape index (κ3) is 5.24. The number of anilines is 1. The number of carbonyl (C=O) groups is 2. The Kier molecular flexibility index (Phi) is 7.12. The van der Waals surface area contributed by atoms with Crippen molar-refractivity contribution in [3.63, 3.8) is 0 Å². The summed E-state index contributed by atoms with van der Waals surface area (Å²) in [5.74, 6) is -0.565. The van der Waals surface area contributed by atoms with Gasteiger partial charge in [-0.3, -0.25) is 14.5 Å². The number of Topliss-reactive ketones (excluding diaryl/α,β-unsaturated/α-hetero) is 1. The number of ether oxygens (including phenoxy) is 2. The Bertz CT molecular complexity index is 1350. The number of amides is 1. The molecule has 6 nitrogen and oxygen atoms in total. The van der Waals surface area contributed by atoms with E-state index in [0.717, 1.165) is 5.56 Å². The highest BCUT2D eigenvalue weighted by Gasteiger charge is 2.47. The molecule has 0 bridgehead atoms. The van der Waals surface area contributed by atoms with Gasteiger partial charge >= 0.3 is 0 Å². The summed E-state index contributed by atoms with van der Waals surface area (Å²) in [5.41, 5.74) is 2.66. The maximum Gasteiger partial charge on any atom is 0.300 e. The first-order chi connectivity index (χ1) is 17.5. The van der Waals surface area contributed by atoms with E-state index >= 15 is 0 Å². The molecule has 192 valence electrons. The number of aliphatic hydroxyl groups excluding tert-OH is 1. The lowest BCUT2D eigenvalue weighted by atomic mass is 9.87. The third-order valence-corrected chi connectivity index (χ3v) is 6.34. The Hall–Kier alpha value is -4.06. The summed E-state index contributed by atoms with van der Waals surface area (Å²) in [6.45, 7) is 10.2. The number of benzene rings is 3. The van der Waals surface area contributed by atoms with Crippen LogP contribution in [0, 0.1) is 0 Å². The van der Waals surface area contributed by atoms with E-state index < -0.39 is 17.7 Å². The van der Waals surface area contributed by atoms with Crippen molar-refractivity contribution in [2.45, 2.75) is 52.2 Å². The van der Waals surface area contributed by atoms with Gasteiger partial charge in [0.15, 0.2) is 0 Å². The maximum atomic E-state index is 13.5. The molecule has 0 saturated carbocycles. The molecule has 1 heterocycles. The topological polar surface area (TPSA) is 76.1 Å². The van der Waals surface area contributed by atoms with Gasteiger partial charge in [-0.2, -0.15) is 0 Å². The lowest BCUT2D eigenvalue weighted by Gasteiger charge is -2.27. The smallest absolute Gasteiger partial charge is 0.300 e. The van der Waals surface area contributed by atoms with Crippen molar-refractivity contribution in [1.82, 2.24) is 0 Å². The molecule has 1 aliphatic rings. The zero-order valence-electron chi connectivity index (χ0n) is 22.1. The van der Waals surface area contributed by atoms with Crippen molar-refractivity contribution < 1.29 is 24.2 Å². The number of hydrogen-bond donors (Lipinski definition) is 1. The highest BCUT2D eigenvalue weighted by Crippen LogP contribution is 2.43. The number of hydrogen-bond acceptors (Lipinski definition) is 5. The zero-order valence-corrected chi connectivity index (χ0v) is 22.1. The normalized spacial score (nSPS) is 17.4. The molecule has 6 heteroatoms. The fourth-order valence-corrected chi connectivity index (χ4v) is 4.49. The number of nitrogens with zero attached hydrogens (tertiary/aromatic N) is 1. The van der Waals surface area contributed by atoms with E-state index in [-0.39, 0.29) is 22.9 Å². The summed E-state index contributed by atoms with van der Waals surface area (Å²) in [6, 6.07) is 20.8. The summed E-state index contributed by atoms with van der Waals surface area (Å²) >= 11 is 0. The molecule has 1 N–H and O–H groups in total. The molecule has 0 radical (unpaired) electrons. The highest BCUT2D eigenvalue weighted by molar-refractivity contribution is 6.51. The molecule has 0 aliphatic carbocycles. The van der Waals surface area contributed by atoms with Gasteiger partial charge in [-0.25, -0.2) is 0 Å². The molecule has 3 aromatic rings. The number of methoxy groups -OCH3 is 1. The average Bonchev–Trinajstić information content (AvgIpc) is 3.13. The van der Waals surface area contributed by atoms with Crippen LogP contribution >= 0.6 is 0 Å².